The average Bonchev–Trinajstić information content (AvgIpc) is 3.19. The molecule has 1 aromatic carbocycles. The minimum atomic E-state index is 0.198. The lowest BCUT2D eigenvalue weighted by Gasteiger charge is -2.21. The van der Waals surface area contributed by atoms with Crippen molar-refractivity contribution in [2.24, 2.45) is 0 Å². The quantitative estimate of drug-likeness (QED) is 0.833. The Balaban J connectivity index is 1.54. The van der Waals surface area contributed by atoms with Crippen molar-refractivity contribution < 1.29 is 14.3 Å². The molecule has 0 bridgehead atoms. The molecule has 0 saturated heterocycles. The predicted octanol–water partition coefficient (Wildman–Crippen LogP) is 1.91. The molecule has 0 aromatic heterocycles. The Morgan fingerprint density at radius 1 is 1.33 bits per heavy atom. The molecule has 0 atom stereocenters. The molecule has 1 saturated carbocycles. The number of nitrogens with one attached hydrogen (secondary N) is 1. The second kappa shape index (κ2) is 6.35. The lowest BCUT2D eigenvalue weighted by atomic mass is 10.2. The van der Waals surface area contributed by atoms with Crippen LogP contribution >= 0.6 is 0 Å². The monoisotopic (exact) mass is 290 g/mol. The minimum absolute atomic E-state index is 0.198. The summed E-state index contributed by atoms with van der Waals surface area (Å²) in [5.74, 6) is 1.75. The number of carbonyl (C=O) groups is 1. The summed E-state index contributed by atoms with van der Waals surface area (Å²) >= 11 is 0. The van der Waals surface area contributed by atoms with E-state index in [0.29, 0.717) is 19.0 Å². The lowest BCUT2D eigenvalue weighted by molar-refractivity contribution is -0.131. The molecule has 5 nitrogen and oxygen atoms in total. The van der Waals surface area contributed by atoms with Crippen LogP contribution in [0.1, 0.15) is 31.7 Å². The fraction of sp³-hybridized carbons (Fsp3) is 0.562. The van der Waals surface area contributed by atoms with Crippen LogP contribution in [0.4, 0.5) is 0 Å². The maximum Gasteiger partial charge on any atom is 0.231 e. The summed E-state index contributed by atoms with van der Waals surface area (Å²) in [4.78, 5) is 14.1. The first-order valence-corrected chi connectivity index (χ1v) is 7.66. The largest absolute Gasteiger partial charge is 0.454 e. The van der Waals surface area contributed by atoms with E-state index in [2.05, 4.69) is 5.32 Å². The SMILES string of the molecule is CCN(Cc1ccc2c(c1)OCO2)C(=O)CCNC1CC1. The summed E-state index contributed by atoms with van der Waals surface area (Å²) in [6.45, 7) is 4.41. The van der Waals surface area contributed by atoms with E-state index in [9.17, 15) is 4.79 Å². The van der Waals surface area contributed by atoms with Gasteiger partial charge in [0.15, 0.2) is 11.5 Å². The molecule has 3 rings (SSSR count). The smallest absolute Gasteiger partial charge is 0.231 e. The highest BCUT2D eigenvalue weighted by Crippen LogP contribution is 2.32. The summed E-state index contributed by atoms with van der Waals surface area (Å²) in [7, 11) is 0. The Morgan fingerprint density at radius 2 is 2.14 bits per heavy atom. The number of rotatable bonds is 7. The second-order valence-electron chi connectivity index (χ2n) is 5.57. The van der Waals surface area contributed by atoms with Gasteiger partial charge in [0, 0.05) is 32.1 Å². The number of hydrogen-bond acceptors (Lipinski definition) is 4. The molecule has 1 aliphatic heterocycles. The molecule has 1 aliphatic carbocycles. The first-order valence-electron chi connectivity index (χ1n) is 7.66. The number of benzene rings is 1. The third kappa shape index (κ3) is 3.67. The van der Waals surface area contributed by atoms with Crippen LogP contribution in [0, 0.1) is 0 Å². The molecule has 1 heterocycles. The van der Waals surface area contributed by atoms with Crippen LogP contribution < -0.4 is 14.8 Å². The van der Waals surface area contributed by atoms with Crippen LogP contribution in [0.2, 0.25) is 0 Å². The Labute approximate surface area is 125 Å². The van der Waals surface area contributed by atoms with E-state index in [1.54, 1.807) is 0 Å². The first-order chi connectivity index (χ1) is 10.3. The van der Waals surface area contributed by atoms with Gasteiger partial charge in [0.2, 0.25) is 12.7 Å². The van der Waals surface area contributed by atoms with Crippen LogP contribution in [0.15, 0.2) is 18.2 Å². The zero-order chi connectivity index (χ0) is 14.7. The van der Waals surface area contributed by atoms with Gasteiger partial charge in [-0.25, -0.2) is 0 Å². The standard InChI is InChI=1S/C16H22N2O3/c1-2-18(16(19)7-8-17-13-4-5-13)10-12-3-6-14-15(9-12)21-11-20-14/h3,6,9,13,17H,2,4-5,7-8,10-11H2,1H3. The molecule has 21 heavy (non-hydrogen) atoms. The van der Waals surface area contributed by atoms with E-state index < -0.39 is 0 Å². The summed E-state index contributed by atoms with van der Waals surface area (Å²) in [5.41, 5.74) is 1.07. The molecular formula is C16H22N2O3. The molecular weight excluding hydrogens is 268 g/mol. The van der Waals surface area contributed by atoms with Crippen LogP contribution in [-0.4, -0.2) is 36.7 Å². The van der Waals surface area contributed by atoms with Gasteiger partial charge in [-0.05, 0) is 37.5 Å². The van der Waals surface area contributed by atoms with E-state index >= 15 is 0 Å². The maximum atomic E-state index is 12.2. The normalized spacial score (nSPS) is 16.0. The van der Waals surface area contributed by atoms with E-state index in [1.165, 1.54) is 12.8 Å². The van der Waals surface area contributed by atoms with E-state index in [-0.39, 0.29) is 12.7 Å². The predicted molar refractivity (Wildman–Crippen MR) is 79.3 cm³/mol. The van der Waals surface area contributed by atoms with Crippen molar-refractivity contribution in [3.05, 3.63) is 23.8 Å². The second-order valence-corrected chi connectivity index (χ2v) is 5.57. The average molecular weight is 290 g/mol. The number of hydrogen-bond donors (Lipinski definition) is 1. The first kappa shape index (κ1) is 14.2. The molecule has 0 spiro atoms. The van der Waals surface area contributed by atoms with Gasteiger partial charge in [-0.2, -0.15) is 0 Å². The van der Waals surface area contributed by atoms with Crippen molar-refractivity contribution in [1.82, 2.24) is 10.2 Å². The zero-order valence-electron chi connectivity index (χ0n) is 12.4. The Kier molecular flexibility index (Phi) is 4.29. The van der Waals surface area contributed by atoms with Crippen molar-refractivity contribution >= 4 is 5.91 Å². The van der Waals surface area contributed by atoms with Crippen molar-refractivity contribution in [2.45, 2.75) is 38.8 Å². The summed E-state index contributed by atoms with van der Waals surface area (Å²) in [6, 6.07) is 6.51. The Bertz CT molecular complexity index is 514. The van der Waals surface area contributed by atoms with Crippen LogP contribution in [0.25, 0.3) is 0 Å². The van der Waals surface area contributed by atoms with Crippen molar-refractivity contribution in [2.75, 3.05) is 19.9 Å². The minimum Gasteiger partial charge on any atom is -0.454 e. The van der Waals surface area contributed by atoms with Gasteiger partial charge in [-0.15, -0.1) is 0 Å². The number of carbonyl (C=O) groups excluding carboxylic acids is 1. The van der Waals surface area contributed by atoms with Gasteiger partial charge in [0.1, 0.15) is 0 Å². The zero-order valence-corrected chi connectivity index (χ0v) is 12.4. The van der Waals surface area contributed by atoms with Crippen molar-refractivity contribution in [3.8, 4) is 11.5 Å². The molecule has 1 aromatic rings. The van der Waals surface area contributed by atoms with Crippen molar-refractivity contribution in [1.29, 1.82) is 0 Å². The summed E-state index contributed by atoms with van der Waals surface area (Å²) < 4.78 is 10.7. The molecule has 0 radical (unpaired) electrons. The molecule has 1 N–H and O–H groups in total. The Hall–Kier alpha value is -1.75. The highest BCUT2D eigenvalue weighted by Gasteiger charge is 2.21. The van der Waals surface area contributed by atoms with Gasteiger partial charge in [0.25, 0.3) is 0 Å². The molecule has 5 heteroatoms. The van der Waals surface area contributed by atoms with Crippen molar-refractivity contribution in [3.63, 3.8) is 0 Å². The van der Waals surface area contributed by atoms with Gasteiger partial charge in [-0.1, -0.05) is 6.07 Å². The maximum absolute atomic E-state index is 12.2. The van der Waals surface area contributed by atoms with Gasteiger partial charge in [-0.3, -0.25) is 4.79 Å². The number of fused-ring (bicyclic) bond motifs is 1. The number of amides is 1. The fourth-order valence-corrected chi connectivity index (χ4v) is 2.46. The van der Waals surface area contributed by atoms with Gasteiger partial charge >= 0.3 is 0 Å². The van der Waals surface area contributed by atoms with Gasteiger partial charge < -0.3 is 19.7 Å². The van der Waals surface area contributed by atoms with E-state index in [0.717, 1.165) is 30.2 Å². The highest BCUT2D eigenvalue weighted by molar-refractivity contribution is 5.76. The van der Waals surface area contributed by atoms with Crippen LogP contribution in [-0.2, 0) is 11.3 Å². The van der Waals surface area contributed by atoms with E-state index in [4.69, 9.17) is 9.47 Å². The third-order valence-electron chi connectivity index (χ3n) is 3.89. The topological polar surface area (TPSA) is 50.8 Å². The number of ether oxygens (including phenoxy) is 2. The lowest BCUT2D eigenvalue weighted by Crippen LogP contribution is -2.33. The third-order valence-corrected chi connectivity index (χ3v) is 3.89. The van der Waals surface area contributed by atoms with Crippen LogP contribution in [0.3, 0.4) is 0 Å². The molecule has 114 valence electrons. The Morgan fingerprint density at radius 3 is 2.90 bits per heavy atom. The fourth-order valence-electron chi connectivity index (χ4n) is 2.46. The molecule has 1 fully saturated rings. The summed E-state index contributed by atoms with van der Waals surface area (Å²) in [6.07, 6.45) is 3.07. The van der Waals surface area contributed by atoms with Crippen LogP contribution in [0.5, 0.6) is 11.5 Å². The molecule has 2 aliphatic rings. The van der Waals surface area contributed by atoms with Gasteiger partial charge in [0.05, 0.1) is 0 Å². The molecule has 1 amide bonds. The summed E-state index contributed by atoms with van der Waals surface area (Å²) in [5, 5.41) is 3.38. The highest BCUT2D eigenvalue weighted by atomic mass is 16.7. The molecule has 0 unspecified atom stereocenters. The van der Waals surface area contributed by atoms with E-state index in [1.807, 2.05) is 30.0 Å². The number of nitrogens with zero attached hydrogens (tertiary/aromatic N) is 1.